The standard InChI is InChI=1S/C9H10N2O3S/c10-15(13,14)8-3-1-2-7-9(8)6(5-12)4-11-7/h1-4,11-12H,5H2,(H2,10,13,14). The minimum atomic E-state index is -3.76. The lowest BCUT2D eigenvalue weighted by molar-refractivity contribution is 0.283. The van der Waals surface area contributed by atoms with Crippen LogP contribution in [-0.4, -0.2) is 18.5 Å². The number of fused-ring (bicyclic) bond motifs is 1. The third-order valence-corrected chi connectivity index (χ3v) is 3.18. The van der Waals surface area contributed by atoms with E-state index in [1.807, 2.05) is 0 Å². The predicted octanol–water partition coefficient (Wildman–Crippen LogP) is 0.308. The second-order valence-corrected chi connectivity index (χ2v) is 4.73. The summed E-state index contributed by atoms with van der Waals surface area (Å²) in [6.07, 6.45) is 1.57. The highest BCUT2D eigenvalue weighted by Gasteiger charge is 2.15. The van der Waals surface area contributed by atoms with Gasteiger partial charge in [0.05, 0.1) is 11.5 Å². The number of hydrogen-bond acceptors (Lipinski definition) is 3. The highest BCUT2D eigenvalue weighted by molar-refractivity contribution is 7.89. The van der Waals surface area contributed by atoms with E-state index in [2.05, 4.69) is 4.98 Å². The largest absolute Gasteiger partial charge is 0.392 e. The Morgan fingerprint density at radius 3 is 2.73 bits per heavy atom. The van der Waals surface area contributed by atoms with Crippen LogP contribution in [0.3, 0.4) is 0 Å². The number of aromatic amines is 1. The van der Waals surface area contributed by atoms with Crippen molar-refractivity contribution < 1.29 is 13.5 Å². The van der Waals surface area contributed by atoms with Gasteiger partial charge in [-0.3, -0.25) is 0 Å². The van der Waals surface area contributed by atoms with Crippen LogP contribution in [-0.2, 0) is 16.6 Å². The molecule has 15 heavy (non-hydrogen) atoms. The molecule has 0 fully saturated rings. The van der Waals surface area contributed by atoms with Crippen LogP contribution in [0.15, 0.2) is 29.3 Å². The molecule has 0 spiro atoms. The molecule has 0 saturated carbocycles. The maximum absolute atomic E-state index is 11.3. The van der Waals surface area contributed by atoms with Crippen LogP contribution >= 0.6 is 0 Å². The molecule has 80 valence electrons. The van der Waals surface area contributed by atoms with E-state index < -0.39 is 10.0 Å². The molecule has 1 aromatic heterocycles. The van der Waals surface area contributed by atoms with E-state index in [-0.39, 0.29) is 11.5 Å². The third-order valence-electron chi connectivity index (χ3n) is 2.23. The minimum absolute atomic E-state index is 0.0327. The molecule has 0 saturated heterocycles. The molecule has 6 heteroatoms. The number of H-pyrrole nitrogens is 1. The molecule has 2 aromatic rings. The predicted molar refractivity (Wildman–Crippen MR) is 55.6 cm³/mol. The maximum atomic E-state index is 11.3. The maximum Gasteiger partial charge on any atom is 0.238 e. The van der Waals surface area contributed by atoms with Crippen molar-refractivity contribution in [1.29, 1.82) is 0 Å². The average Bonchev–Trinajstić information content (AvgIpc) is 2.58. The Bertz CT molecular complexity index is 601. The van der Waals surface area contributed by atoms with E-state index >= 15 is 0 Å². The van der Waals surface area contributed by atoms with Crippen molar-refractivity contribution in [3.63, 3.8) is 0 Å². The summed E-state index contributed by atoms with van der Waals surface area (Å²) in [6.45, 7) is -0.230. The molecule has 5 nitrogen and oxygen atoms in total. The Hall–Kier alpha value is -1.37. The van der Waals surface area contributed by atoms with E-state index in [1.54, 1.807) is 18.3 Å². The Kier molecular flexibility index (Phi) is 2.26. The van der Waals surface area contributed by atoms with Crippen molar-refractivity contribution in [2.45, 2.75) is 11.5 Å². The van der Waals surface area contributed by atoms with Crippen LogP contribution in [0.4, 0.5) is 0 Å². The fraction of sp³-hybridized carbons (Fsp3) is 0.111. The Morgan fingerprint density at radius 2 is 2.13 bits per heavy atom. The first kappa shape index (κ1) is 10.2. The molecule has 4 N–H and O–H groups in total. The lowest BCUT2D eigenvalue weighted by Crippen LogP contribution is -2.12. The van der Waals surface area contributed by atoms with Crippen molar-refractivity contribution in [3.05, 3.63) is 30.0 Å². The fourth-order valence-electron chi connectivity index (χ4n) is 1.58. The molecular weight excluding hydrogens is 216 g/mol. The molecule has 1 heterocycles. The number of aromatic nitrogens is 1. The molecule has 0 radical (unpaired) electrons. The average molecular weight is 226 g/mol. The summed E-state index contributed by atoms with van der Waals surface area (Å²) in [5.41, 5.74) is 1.17. The molecule has 0 aliphatic rings. The van der Waals surface area contributed by atoms with Gasteiger partial charge in [-0.05, 0) is 12.1 Å². The highest BCUT2D eigenvalue weighted by atomic mass is 32.2. The van der Waals surface area contributed by atoms with Gasteiger partial charge in [0.25, 0.3) is 0 Å². The van der Waals surface area contributed by atoms with Crippen LogP contribution in [0.25, 0.3) is 10.9 Å². The Morgan fingerprint density at radius 1 is 1.40 bits per heavy atom. The van der Waals surface area contributed by atoms with Gasteiger partial charge < -0.3 is 10.1 Å². The van der Waals surface area contributed by atoms with Gasteiger partial charge in [0, 0.05) is 22.7 Å². The van der Waals surface area contributed by atoms with Gasteiger partial charge >= 0.3 is 0 Å². The van der Waals surface area contributed by atoms with Crippen LogP contribution in [0.1, 0.15) is 5.56 Å². The van der Waals surface area contributed by atoms with Gasteiger partial charge in [-0.2, -0.15) is 0 Å². The molecule has 0 unspecified atom stereocenters. The summed E-state index contributed by atoms with van der Waals surface area (Å²) in [7, 11) is -3.76. The topological polar surface area (TPSA) is 96.2 Å². The molecule has 0 aliphatic heterocycles. The van der Waals surface area contributed by atoms with Gasteiger partial charge in [0.2, 0.25) is 10.0 Å². The van der Waals surface area contributed by atoms with Crippen LogP contribution < -0.4 is 5.14 Å². The van der Waals surface area contributed by atoms with E-state index in [4.69, 9.17) is 10.2 Å². The van der Waals surface area contributed by atoms with Gasteiger partial charge in [0.15, 0.2) is 0 Å². The normalized spacial score (nSPS) is 12.1. The van der Waals surface area contributed by atoms with Crippen molar-refractivity contribution in [2.24, 2.45) is 5.14 Å². The smallest absolute Gasteiger partial charge is 0.238 e. The summed E-state index contributed by atoms with van der Waals surface area (Å²) in [5, 5.41) is 14.6. The highest BCUT2D eigenvalue weighted by Crippen LogP contribution is 2.25. The molecule has 2 rings (SSSR count). The van der Waals surface area contributed by atoms with Gasteiger partial charge in [-0.1, -0.05) is 6.07 Å². The summed E-state index contributed by atoms with van der Waals surface area (Å²) in [4.78, 5) is 2.90. The van der Waals surface area contributed by atoms with Crippen LogP contribution in [0.2, 0.25) is 0 Å². The van der Waals surface area contributed by atoms with Crippen LogP contribution in [0, 0.1) is 0 Å². The van der Waals surface area contributed by atoms with Gasteiger partial charge in [0.1, 0.15) is 0 Å². The zero-order chi connectivity index (χ0) is 11.1. The van der Waals surface area contributed by atoms with Crippen LogP contribution in [0.5, 0.6) is 0 Å². The van der Waals surface area contributed by atoms with E-state index in [0.717, 1.165) is 0 Å². The number of sulfonamides is 1. The number of hydrogen-bond donors (Lipinski definition) is 3. The summed E-state index contributed by atoms with van der Waals surface area (Å²) < 4.78 is 22.6. The first-order valence-corrected chi connectivity index (χ1v) is 5.81. The van der Waals surface area contributed by atoms with E-state index in [1.165, 1.54) is 6.07 Å². The molecule has 0 aliphatic carbocycles. The van der Waals surface area contributed by atoms with E-state index in [9.17, 15) is 8.42 Å². The zero-order valence-corrected chi connectivity index (χ0v) is 8.58. The molecule has 0 amide bonds. The first-order chi connectivity index (χ1) is 7.04. The molecule has 0 atom stereocenters. The number of primary sulfonamides is 1. The van der Waals surface area contributed by atoms with Gasteiger partial charge in [-0.15, -0.1) is 0 Å². The van der Waals surface area contributed by atoms with E-state index in [0.29, 0.717) is 16.5 Å². The van der Waals surface area contributed by atoms with Crippen molar-refractivity contribution in [3.8, 4) is 0 Å². The molecular formula is C9H10N2O3S. The Balaban J connectivity index is 2.90. The number of nitrogens with two attached hydrogens (primary N) is 1. The lowest BCUT2D eigenvalue weighted by atomic mass is 10.2. The number of benzene rings is 1. The van der Waals surface area contributed by atoms with Crippen molar-refractivity contribution in [1.82, 2.24) is 4.98 Å². The van der Waals surface area contributed by atoms with Gasteiger partial charge in [-0.25, -0.2) is 13.6 Å². The van der Waals surface area contributed by atoms with Crippen molar-refractivity contribution >= 4 is 20.9 Å². The summed E-state index contributed by atoms with van der Waals surface area (Å²) >= 11 is 0. The third kappa shape index (κ3) is 1.63. The lowest BCUT2D eigenvalue weighted by Gasteiger charge is -2.01. The monoisotopic (exact) mass is 226 g/mol. The number of aliphatic hydroxyl groups is 1. The SMILES string of the molecule is NS(=O)(=O)c1cccc2[nH]cc(CO)c12. The van der Waals surface area contributed by atoms with Crippen molar-refractivity contribution in [2.75, 3.05) is 0 Å². The number of rotatable bonds is 2. The second-order valence-electron chi connectivity index (χ2n) is 3.20. The number of aliphatic hydroxyl groups excluding tert-OH is 1. The molecule has 1 aromatic carbocycles. The number of nitrogens with one attached hydrogen (secondary N) is 1. The quantitative estimate of drug-likeness (QED) is 0.687. The second kappa shape index (κ2) is 3.34. The summed E-state index contributed by atoms with van der Waals surface area (Å²) in [6, 6.07) is 4.74. The minimum Gasteiger partial charge on any atom is -0.392 e. The fourth-order valence-corrected chi connectivity index (χ4v) is 2.38. The zero-order valence-electron chi connectivity index (χ0n) is 7.77. The first-order valence-electron chi connectivity index (χ1n) is 4.26. The Labute approximate surface area is 86.6 Å². The summed E-state index contributed by atoms with van der Waals surface area (Å²) in [5.74, 6) is 0. The molecule has 0 bridgehead atoms.